The summed E-state index contributed by atoms with van der Waals surface area (Å²) in [6, 6.07) is 5.37. The standard InChI is InChI=1S/C14H17Cl2NO2S/c15-11-3-1-10(7-12(11)16)2-4-13(18)17-8-14(19)5-6-20-9-14/h1,3,7,19H,2,4-6,8-9H2,(H,17,18). The van der Waals surface area contributed by atoms with Gasteiger partial charge in [-0.1, -0.05) is 29.3 Å². The van der Waals surface area contributed by atoms with E-state index in [1.54, 1.807) is 23.9 Å². The molecule has 1 aromatic carbocycles. The van der Waals surface area contributed by atoms with E-state index in [1.165, 1.54) is 0 Å². The number of nitrogens with one attached hydrogen (secondary N) is 1. The summed E-state index contributed by atoms with van der Waals surface area (Å²) in [5, 5.41) is 13.9. The molecule has 110 valence electrons. The molecule has 1 fully saturated rings. The zero-order valence-corrected chi connectivity index (χ0v) is 13.3. The third-order valence-corrected chi connectivity index (χ3v) is 5.30. The summed E-state index contributed by atoms with van der Waals surface area (Å²) in [6.45, 7) is 0.334. The van der Waals surface area contributed by atoms with Gasteiger partial charge in [-0.25, -0.2) is 0 Å². The van der Waals surface area contributed by atoms with Crippen molar-refractivity contribution in [3.8, 4) is 0 Å². The molecule has 2 N–H and O–H groups in total. The van der Waals surface area contributed by atoms with Crippen molar-refractivity contribution in [1.29, 1.82) is 0 Å². The predicted octanol–water partition coefficient (Wildman–Crippen LogP) is 2.91. The predicted molar refractivity (Wildman–Crippen MR) is 84.7 cm³/mol. The molecule has 0 aliphatic carbocycles. The number of halogens is 2. The number of hydrogen-bond acceptors (Lipinski definition) is 3. The van der Waals surface area contributed by atoms with E-state index in [4.69, 9.17) is 23.2 Å². The summed E-state index contributed by atoms with van der Waals surface area (Å²) >= 11 is 13.5. The average molecular weight is 334 g/mol. The van der Waals surface area contributed by atoms with Gasteiger partial charge in [-0.3, -0.25) is 4.79 Å². The first-order chi connectivity index (χ1) is 9.48. The fourth-order valence-electron chi connectivity index (χ4n) is 2.04. The number of amides is 1. The van der Waals surface area contributed by atoms with E-state index in [2.05, 4.69) is 5.32 Å². The van der Waals surface area contributed by atoms with Crippen molar-refractivity contribution < 1.29 is 9.90 Å². The first-order valence-electron chi connectivity index (χ1n) is 6.49. The summed E-state index contributed by atoms with van der Waals surface area (Å²) in [7, 11) is 0. The summed E-state index contributed by atoms with van der Waals surface area (Å²) in [5.74, 6) is 1.59. The second-order valence-corrected chi connectivity index (χ2v) is 6.97. The first kappa shape index (κ1) is 16.0. The Kier molecular flexibility index (Phi) is 5.61. The van der Waals surface area contributed by atoms with Gasteiger partial charge < -0.3 is 10.4 Å². The van der Waals surface area contributed by atoms with Gasteiger partial charge in [0.1, 0.15) is 0 Å². The zero-order valence-electron chi connectivity index (χ0n) is 11.0. The van der Waals surface area contributed by atoms with Crippen LogP contribution in [0.3, 0.4) is 0 Å². The molecule has 1 aliphatic rings. The van der Waals surface area contributed by atoms with Crippen LogP contribution in [0.5, 0.6) is 0 Å². The monoisotopic (exact) mass is 333 g/mol. The van der Waals surface area contributed by atoms with Crippen LogP contribution < -0.4 is 5.32 Å². The second-order valence-electron chi connectivity index (χ2n) is 5.05. The maximum atomic E-state index is 11.8. The van der Waals surface area contributed by atoms with Gasteiger partial charge in [0.15, 0.2) is 0 Å². The molecule has 1 aromatic rings. The lowest BCUT2D eigenvalue weighted by Gasteiger charge is -2.21. The highest BCUT2D eigenvalue weighted by molar-refractivity contribution is 7.99. The van der Waals surface area contributed by atoms with Crippen molar-refractivity contribution >= 4 is 40.9 Å². The number of rotatable bonds is 5. The van der Waals surface area contributed by atoms with E-state index in [1.807, 2.05) is 6.07 Å². The van der Waals surface area contributed by atoms with Gasteiger partial charge >= 0.3 is 0 Å². The Hall–Kier alpha value is -0.420. The molecule has 0 spiro atoms. The molecular formula is C14H17Cl2NO2S. The van der Waals surface area contributed by atoms with Crippen molar-refractivity contribution in [2.75, 3.05) is 18.1 Å². The van der Waals surface area contributed by atoms with Crippen LogP contribution in [0.2, 0.25) is 10.0 Å². The van der Waals surface area contributed by atoms with Gasteiger partial charge in [0.05, 0.1) is 15.6 Å². The number of carbonyl (C=O) groups excluding carboxylic acids is 1. The third-order valence-electron chi connectivity index (χ3n) is 3.32. The minimum Gasteiger partial charge on any atom is -0.387 e. The molecule has 1 unspecified atom stereocenters. The highest BCUT2D eigenvalue weighted by Crippen LogP contribution is 2.27. The van der Waals surface area contributed by atoms with Gasteiger partial charge in [0.25, 0.3) is 0 Å². The number of hydrogen-bond donors (Lipinski definition) is 2. The molecule has 0 bridgehead atoms. The number of aliphatic hydroxyl groups is 1. The van der Waals surface area contributed by atoms with Gasteiger partial charge in [0, 0.05) is 18.7 Å². The Morgan fingerprint density at radius 2 is 2.20 bits per heavy atom. The molecular weight excluding hydrogens is 317 g/mol. The number of aryl methyl sites for hydroxylation is 1. The molecule has 1 heterocycles. The number of thioether (sulfide) groups is 1. The van der Waals surface area contributed by atoms with Crippen LogP contribution in [0.15, 0.2) is 18.2 Å². The Morgan fingerprint density at radius 1 is 1.40 bits per heavy atom. The normalized spacial score (nSPS) is 21.9. The molecule has 1 aliphatic heterocycles. The number of benzene rings is 1. The lowest BCUT2D eigenvalue weighted by atomic mass is 10.0. The van der Waals surface area contributed by atoms with E-state index < -0.39 is 5.60 Å². The van der Waals surface area contributed by atoms with E-state index in [0.717, 1.165) is 17.7 Å². The molecule has 0 aromatic heterocycles. The van der Waals surface area contributed by atoms with Gasteiger partial charge in [0.2, 0.25) is 5.91 Å². The topological polar surface area (TPSA) is 49.3 Å². The van der Waals surface area contributed by atoms with E-state index in [0.29, 0.717) is 35.2 Å². The number of carbonyl (C=O) groups is 1. The van der Waals surface area contributed by atoms with Crippen LogP contribution in [0.4, 0.5) is 0 Å². The average Bonchev–Trinajstić information content (AvgIpc) is 2.85. The molecule has 1 amide bonds. The zero-order chi connectivity index (χ0) is 14.6. The summed E-state index contributed by atoms with van der Waals surface area (Å²) in [6.07, 6.45) is 1.72. The minimum atomic E-state index is -0.732. The van der Waals surface area contributed by atoms with Gasteiger partial charge in [-0.2, -0.15) is 11.8 Å². The fourth-order valence-corrected chi connectivity index (χ4v) is 3.66. The van der Waals surface area contributed by atoms with Crippen LogP contribution >= 0.6 is 35.0 Å². The van der Waals surface area contributed by atoms with Crippen molar-refractivity contribution in [3.05, 3.63) is 33.8 Å². The smallest absolute Gasteiger partial charge is 0.220 e. The maximum Gasteiger partial charge on any atom is 0.220 e. The first-order valence-corrected chi connectivity index (χ1v) is 8.40. The second kappa shape index (κ2) is 7.03. The molecule has 2 rings (SSSR count). The fraction of sp³-hybridized carbons (Fsp3) is 0.500. The molecule has 1 atom stereocenters. The lowest BCUT2D eigenvalue weighted by molar-refractivity contribution is -0.122. The van der Waals surface area contributed by atoms with Crippen LogP contribution in [-0.4, -0.2) is 34.7 Å². The Bertz CT molecular complexity index is 490. The van der Waals surface area contributed by atoms with Crippen LogP contribution in [0, 0.1) is 0 Å². The highest BCUT2D eigenvalue weighted by atomic mass is 35.5. The summed E-state index contributed by atoms with van der Waals surface area (Å²) in [4.78, 5) is 11.8. The van der Waals surface area contributed by atoms with Crippen molar-refractivity contribution in [2.45, 2.75) is 24.9 Å². The summed E-state index contributed by atoms with van der Waals surface area (Å²) < 4.78 is 0. The third kappa shape index (κ3) is 4.55. The van der Waals surface area contributed by atoms with E-state index in [9.17, 15) is 9.90 Å². The van der Waals surface area contributed by atoms with Gasteiger partial charge in [-0.15, -0.1) is 0 Å². The highest BCUT2D eigenvalue weighted by Gasteiger charge is 2.31. The largest absolute Gasteiger partial charge is 0.387 e. The summed E-state index contributed by atoms with van der Waals surface area (Å²) in [5.41, 5.74) is 0.244. The van der Waals surface area contributed by atoms with Crippen molar-refractivity contribution in [2.24, 2.45) is 0 Å². The molecule has 3 nitrogen and oxygen atoms in total. The molecule has 0 saturated carbocycles. The van der Waals surface area contributed by atoms with Crippen LogP contribution in [-0.2, 0) is 11.2 Å². The van der Waals surface area contributed by atoms with Crippen molar-refractivity contribution in [3.63, 3.8) is 0 Å². The van der Waals surface area contributed by atoms with Crippen molar-refractivity contribution in [1.82, 2.24) is 5.32 Å². The SMILES string of the molecule is O=C(CCc1ccc(Cl)c(Cl)c1)NCC1(O)CCSC1. The van der Waals surface area contributed by atoms with Gasteiger partial charge in [-0.05, 0) is 36.3 Å². The molecule has 1 saturated heterocycles. The minimum absolute atomic E-state index is 0.0543. The van der Waals surface area contributed by atoms with E-state index >= 15 is 0 Å². The molecule has 0 radical (unpaired) electrons. The van der Waals surface area contributed by atoms with Crippen LogP contribution in [0.25, 0.3) is 0 Å². The molecule has 20 heavy (non-hydrogen) atoms. The van der Waals surface area contributed by atoms with Crippen LogP contribution in [0.1, 0.15) is 18.4 Å². The Morgan fingerprint density at radius 3 is 2.85 bits per heavy atom. The maximum absolute atomic E-state index is 11.8. The quantitative estimate of drug-likeness (QED) is 0.870. The molecule has 6 heteroatoms. The lowest BCUT2D eigenvalue weighted by Crippen LogP contribution is -2.43. The Labute approximate surface area is 133 Å². The van der Waals surface area contributed by atoms with E-state index in [-0.39, 0.29) is 5.91 Å². The Balaban J connectivity index is 1.76.